The average Bonchev–Trinajstić information content (AvgIpc) is 3.17. The molecule has 0 spiro atoms. The van der Waals surface area contributed by atoms with Gasteiger partial charge in [0, 0.05) is 18.3 Å². The van der Waals surface area contributed by atoms with E-state index in [1.807, 2.05) is 67.6 Å². The number of nitrogens with zero attached hydrogens (tertiary/aromatic N) is 2. The Hall–Kier alpha value is -4.85. The highest BCUT2D eigenvalue weighted by Crippen LogP contribution is 2.36. The summed E-state index contributed by atoms with van der Waals surface area (Å²) in [6, 6.07) is 24.9. The van der Waals surface area contributed by atoms with Crippen molar-refractivity contribution in [2.45, 2.75) is 20.1 Å². The van der Waals surface area contributed by atoms with E-state index < -0.39 is 5.82 Å². The summed E-state index contributed by atoms with van der Waals surface area (Å²) >= 11 is 0. The maximum Gasteiger partial charge on any atom is 0.329 e. The lowest BCUT2D eigenvalue weighted by Gasteiger charge is -2.14. The van der Waals surface area contributed by atoms with Crippen molar-refractivity contribution in [3.8, 4) is 22.6 Å². The zero-order valence-corrected chi connectivity index (χ0v) is 21.9. The Morgan fingerprint density at radius 1 is 0.949 bits per heavy atom. The van der Waals surface area contributed by atoms with Crippen molar-refractivity contribution in [3.63, 3.8) is 0 Å². The second-order valence-corrected chi connectivity index (χ2v) is 9.30. The highest BCUT2D eigenvalue weighted by atomic mass is 19.1. The van der Waals surface area contributed by atoms with Gasteiger partial charge in [-0.3, -0.25) is 13.9 Å². The van der Waals surface area contributed by atoms with Crippen LogP contribution in [0.2, 0.25) is 0 Å². The van der Waals surface area contributed by atoms with E-state index in [0.29, 0.717) is 34.8 Å². The summed E-state index contributed by atoms with van der Waals surface area (Å²) in [6.07, 6.45) is 0. The Labute approximate surface area is 225 Å². The number of methoxy groups -OCH3 is 1. The summed E-state index contributed by atoms with van der Waals surface area (Å²) < 4.78 is 27.9. The molecule has 0 fully saturated rings. The number of nitrogens with one attached hydrogen (secondary N) is 1. The van der Waals surface area contributed by atoms with Gasteiger partial charge in [-0.2, -0.15) is 0 Å². The SMILES string of the molecule is COc1cc(-c2cc(C)cc3c2n(C)c(=O)n3CC(=O)Nc2ccc(F)cc2)ccc1OCc1ccccc1. The molecular weight excluding hydrogens is 497 g/mol. The number of aryl methyl sites for hydroxylation is 2. The summed E-state index contributed by atoms with van der Waals surface area (Å²) in [5, 5.41) is 2.72. The van der Waals surface area contributed by atoms with E-state index in [4.69, 9.17) is 9.47 Å². The normalized spacial score (nSPS) is 11.0. The van der Waals surface area contributed by atoms with Gasteiger partial charge in [-0.05, 0) is 72.1 Å². The topological polar surface area (TPSA) is 74.5 Å². The Morgan fingerprint density at radius 2 is 1.69 bits per heavy atom. The lowest BCUT2D eigenvalue weighted by Crippen LogP contribution is -2.28. The molecule has 7 nitrogen and oxygen atoms in total. The first-order chi connectivity index (χ1) is 18.8. The lowest BCUT2D eigenvalue weighted by molar-refractivity contribution is -0.116. The number of anilines is 1. The van der Waals surface area contributed by atoms with Crippen molar-refractivity contribution in [3.05, 3.63) is 112 Å². The van der Waals surface area contributed by atoms with Crippen molar-refractivity contribution < 1.29 is 18.7 Å². The van der Waals surface area contributed by atoms with E-state index in [1.54, 1.807) is 18.7 Å². The molecule has 198 valence electrons. The highest BCUT2D eigenvalue weighted by molar-refractivity contribution is 5.96. The number of ether oxygens (including phenoxy) is 2. The van der Waals surface area contributed by atoms with Crippen LogP contribution in [-0.2, 0) is 25.0 Å². The standard InChI is InChI=1S/C31H28FN3O4/c1-20-15-25(22-9-14-27(28(17-22)38-3)39-19-21-7-5-4-6-8-21)30-26(16-20)35(31(37)34(30)2)18-29(36)33-24-12-10-23(32)11-13-24/h4-17H,18-19H2,1-3H3,(H,33,36). The number of fused-ring (bicyclic) bond motifs is 1. The average molecular weight is 526 g/mol. The van der Waals surface area contributed by atoms with Gasteiger partial charge >= 0.3 is 5.69 Å². The fourth-order valence-electron chi connectivity index (χ4n) is 4.64. The number of amides is 1. The van der Waals surface area contributed by atoms with E-state index in [2.05, 4.69) is 5.32 Å². The molecule has 0 saturated carbocycles. The van der Waals surface area contributed by atoms with E-state index in [9.17, 15) is 14.0 Å². The number of carbonyl (C=O) groups is 1. The Balaban J connectivity index is 1.48. The molecule has 8 heteroatoms. The predicted octanol–water partition coefficient (Wildman–Crippen LogP) is 5.68. The van der Waals surface area contributed by atoms with Crippen LogP contribution in [0.25, 0.3) is 22.2 Å². The van der Waals surface area contributed by atoms with Crippen molar-refractivity contribution in [1.29, 1.82) is 0 Å². The Kier molecular flexibility index (Phi) is 7.19. The van der Waals surface area contributed by atoms with Gasteiger partial charge in [-0.15, -0.1) is 0 Å². The number of carbonyl (C=O) groups excluding carboxylic acids is 1. The molecule has 0 aliphatic heterocycles. The van der Waals surface area contributed by atoms with Gasteiger partial charge in [0.05, 0.1) is 18.1 Å². The van der Waals surface area contributed by atoms with Gasteiger partial charge in [0.25, 0.3) is 0 Å². The van der Waals surface area contributed by atoms with Crippen LogP contribution < -0.4 is 20.5 Å². The van der Waals surface area contributed by atoms with E-state index in [-0.39, 0.29) is 18.1 Å². The smallest absolute Gasteiger partial charge is 0.329 e. The van der Waals surface area contributed by atoms with Crippen molar-refractivity contribution >= 4 is 22.6 Å². The molecule has 0 atom stereocenters. The maximum absolute atomic E-state index is 13.3. The number of imidazole rings is 1. The largest absolute Gasteiger partial charge is 0.493 e. The quantitative estimate of drug-likeness (QED) is 0.283. The molecule has 1 aromatic heterocycles. The first-order valence-corrected chi connectivity index (χ1v) is 12.4. The maximum atomic E-state index is 13.3. The molecule has 0 unspecified atom stereocenters. The Bertz CT molecular complexity index is 1710. The molecule has 5 rings (SSSR count). The van der Waals surface area contributed by atoms with Gasteiger partial charge in [0.2, 0.25) is 5.91 Å². The number of aromatic nitrogens is 2. The summed E-state index contributed by atoms with van der Waals surface area (Å²) in [5.41, 5.74) is 5.11. The number of rotatable bonds is 8. The molecule has 0 radical (unpaired) electrons. The van der Waals surface area contributed by atoms with Crippen LogP contribution in [0, 0.1) is 12.7 Å². The van der Waals surface area contributed by atoms with Crippen LogP contribution in [0.15, 0.2) is 89.7 Å². The van der Waals surface area contributed by atoms with Crippen LogP contribution in [0.1, 0.15) is 11.1 Å². The van der Waals surface area contributed by atoms with Gasteiger partial charge in [-0.25, -0.2) is 9.18 Å². The molecule has 0 bridgehead atoms. The van der Waals surface area contributed by atoms with Gasteiger partial charge < -0.3 is 14.8 Å². The van der Waals surface area contributed by atoms with Crippen LogP contribution in [0.5, 0.6) is 11.5 Å². The number of benzene rings is 4. The second kappa shape index (κ2) is 10.9. The minimum Gasteiger partial charge on any atom is -0.493 e. The van der Waals surface area contributed by atoms with E-state index >= 15 is 0 Å². The van der Waals surface area contributed by atoms with Crippen molar-refractivity contribution in [1.82, 2.24) is 9.13 Å². The molecule has 0 saturated heterocycles. The number of halogens is 1. The van der Waals surface area contributed by atoms with E-state index in [0.717, 1.165) is 22.3 Å². The molecule has 1 heterocycles. The molecule has 0 aliphatic rings. The van der Waals surface area contributed by atoms with E-state index in [1.165, 1.54) is 28.8 Å². The molecule has 1 N–H and O–H groups in total. The van der Waals surface area contributed by atoms with Crippen LogP contribution >= 0.6 is 0 Å². The number of hydrogen-bond acceptors (Lipinski definition) is 4. The lowest BCUT2D eigenvalue weighted by atomic mass is 10.0. The number of hydrogen-bond donors (Lipinski definition) is 1. The van der Waals surface area contributed by atoms with Crippen LogP contribution in [0.4, 0.5) is 10.1 Å². The fourth-order valence-corrected chi connectivity index (χ4v) is 4.64. The van der Waals surface area contributed by atoms with Crippen molar-refractivity contribution in [2.24, 2.45) is 7.05 Å². The predicted molar refractivity (Wildman–Crippen MR) is 150 cm³/mol. The minimum atomic E-state index is -0.395. The van der Waals surface area contributed by atoms with Crippen molar-refractivity contribution in [2.75, 3.05) is 12.4 Å². The molecule has 0 aliphatic carbocycles. The third kappa shape index (κ3) is 5.40. The monoisotopic (exact) mass is 525 g/mol. The van der Waals surface area contributed by atoms with Gasteiger partial charge in [0.1, 0.15) is 19.0 Å². The summed E-state index contributed by atoms with van der Waals surface area (Å²) in [5.74, 6) is 0.397. The summed E-state index contributed by atoms with van der Waals surface area (Å²) in [7, 11) is 3.28. The first kappa shape index (κ1) is 25.8. The minimum absolute atomic E-state index is 0.188. The zero-order valence-electron chi connectivity index (χ0n) is 21.9. The van der Waals surface area contributed by atoms with Gasteiger partial charge in [-0.1, -0.05) is 36.4 Å². The highest BCUT2D eigenvalue weighted by Gasteiger charge is 2.19. The van der Waals surface area contributed by atoms with Crippen LogP contribution in [-0.4, -0.2) is 22.2 Å². The van der Waals surface area contributed by atoms with Crippen LogP contribution in [0.3, 0.4) is 0 Å². The molecule has 4 aromatic carbocycles. The Morgan fingerprint density at radius 3 is 2.41 bits per heavy atom. The molecule has 39 heavy (non-hydrogen) atoms. The third-order valence-corrected chi connectivity index (χ3v) is 6.52. The molecular formula is C31H28FN3O4. The molecule has 5 aromatic rings. The zero-order chi connectivity index (χ0) is 27.5. The second-order valence-electron chi connectivity index (χ2n) is 9.30. The fraction of sp³-hybridized carbons (Fsp3) is 0.161. The molecule has 1 amide bonds. The summed E-state index contributed by atoms with van der Waals surface area (Å²) in [4.78, 5) is 26.1. The third-order valence-electron chi connectivity index (χ3n) is 6.52. The first-order valence-electron chi connectivity index (χ1n) is 12.4. The van der Waals surface area contributed by atoms with Gasteiger partial charge in [0.15, 0.2) is 11.5 Å². The summed E-state index contributed by atoms with van der Waals surface area (Å²) in [6.45, 7) is 2.16.